The van der Waals surface area contributed by atoms with Crippen molar-refractivity contribution in [2.75, 3.05) is 0 Å². The minimum absolute atomic E-state index is 0.0892. The molecule has 3 aromatic rings. The Bertz CT molecular complexity index is 973. The minimum atomic E-state index is -3.69. The van der Waals surface area contributed by atoms with Crippen LogP contribution in [0.5, 0.6) is 5.75 Å². The van der Waals surface area contributed by atoms with Gasteiger partial charge in [-0.2, -0.15) is 4.31 Å². The third-order valence-corrected chi connectivity index (χ3v) is 5.90. The molecule has 0 N–H and O–H groups in total. The lowest BCUT2D eigenvalue weighted by Gasteiger charge is -2.22. The van der Waals surface area contributed by atoms with E-state index in [1.165, 1.54) is 10.5 Å². The molecular formula is C22H24N2O3S. The van der Waals surface area contributed by atoms with Crippen molar-refractivity contribution >= 4 is 10.0 Å². The Balaban J connectivity index is 1.88. The number of hydrogen-bond donors (Lipinski definition) is 0. The summed E-state index contributed by atoms with van der Waals surface area (Å²) in [5, 5.41) is 0. The molecule has 28 heavy (non-hydrogen) atoms. The lowest BCUT2D eigenvalue weighted by atomic mass is 10.2. The normalized spacial score (nSPS) is 11.7. The van der Waals surface area contributed by atoms with Crippen molar-refractivity contribution in [3.05, 3.63) is 90.3 Å². The van der Waals surface area contributed by atoms with Gasteiger partial charge in [-0.1, -0.05) is 42.5 Å². The van der Waals surface area contributed by atoms with Gasteiger partial charge in [-0.05, 0) is 49.2 Å². The van der Waals surface area contributed by atoms with Gasteiger partial charge >= 0.3 is 0 Å². The molecule has 0 fully saturated rings. The number of rotatable bonds is 8. The predicted molar refractivity (Wildman–Crippen MR) is 109 cm³/mol. The minimum Gasteiger partial charge on any atom is -0.491 e. The first kappa shape index (κ1) is 20.0. The molecule has 0 spiro atoms. The molecule has 0 unspecified atom stereocenters. The van der Waals surface area contributed by atoms with Crippen LogP contribution >= 0.6 is 0 Å². The second kappa shape index (κ2) is 8.99. The zero-order valence-electron chi connectivity index (χ0n) is 16.0. The van der Waals surface area contributed by atoms with Crippen molar-refractivity contribution in [3.8, 4) is 5.75 Å². The van der Waals surface area contributed by atoms with Crippen LogP contribution in [0.3, 0.4) is 0 Å². The molecule has 0 bridgehead atoms. The zero-order chi connectivity index (χ0) is 20.0. The van der Waals surface area contributed by atoms with Gasteiger partial charge in [0.05, 0.1) is 6.10 Å². The van der Waals surface area contributed by atoms with Crippen LogP contribution in [0.25, 0.3) is 0 Å². The van der Waals surface area contributed by atoms with E-state index in [9.17, 15) is 8.42 Å². The maximum Gasteiger partial charge on any atom is 0.245 e. The summed E-state index contributed by atoms with van der Waals surface area (Å²) in [5.74, 6) is 0.767. The van der Waals surface area contributed by atoms with Gasteiger partial charge in [-0.15, -0.1) is 0 Å². The maximum absolute atomic E-state index is 13.2. The van der Waals surface area contributed by atoms with Crippen LogP contribution in [-0.4, -0.2) is 23.8 Å². The van der Waals surface area contributed by atoms with Crippen molar-refractivity contribution < 1.29 is 13.2 Å². The number of aromatic nitrogens is 1. The van der Waals surface area contributed by atoms with Crippen LogP contribution in [0, 0.1) is 0 Å². The first-order valence-corrected chi connectivity index (χ1v) is 10.6. The quantitative estimate of drug-likeness (QED) is 0.571. The van der Waals surface area contributed by atoms with Crippen molar-refractivity contribution in [2.45, 2.75) is 37.9 Å². The first-order chi connectivity index (χ1) is 13.4. The van der Waals surface area contributed by atoms with E-state index >= 15 is 0 Å². The Morgan fingerprint density at radius 3 is 2.11 bits per heavy atom. The molecule has 0 saturated heterocycles. The highest BCUT2D eigenvalue weighted by Gasteiger charge is 2.25. The molecule has 5 nitrogen and oxygen atoms in total. The average molecular weight is 397 g/mol. The summed E-state index contributed by atoms with van der Waals surface area (Å²) >= 11 is 0. The monoisotopic (exact) mass is 396 g/mol. The molecule has 1 heterocycles. The Morgan fingerprint density at radius 2 is 1.54 bits per heavy atom. The maximum atomic E-state index is 13.2. The molecule has 2 aromatic carbocycles. The van der Waals surface area contributed by atoms with Crippen LogP contribution in [0.15, 0.2) is 84.0 Å². The number of hydrogen-bond acceptors (Lipinski definition) is 4. The Kier molecular flexibility index (Phi) is 6.44. The summed E-state index contributed by atoms with van der Waals surface area (Å²) in [6, 6.07) is 20.3. The van der Waals surface area contributed by atoms with Crippen LogP contribution in [-0.2, 0) is 23.1 Å². The fourth-order valence-corrected chi connectivity index (χ4v) is 4.19. The number of benzene rings is 2. The van der Waals surface area contributed by atoms with Crippen molar-refractivity contribution in [1.82, 2.24) is 9.29 Å². The highest BCUT2D eigenvalue weighted by atomic mass is 32.2. The molecule has 1 aromatic heterocycles. The van der Waals surface area contributed by atoms with Crippen molar-refractivity contribution in [1.29, 1.82) is 0 Å². The lowest BCUT2D eigenvalue weighted by molar-refractivity contribution is 0.242. The van der Waals surface area contributed by atoms with E-state index in [0.29, 0.717) is 0 Å². The first-order valence-electron chi connectivity index (χ1n) is 9.15. The molecule has 0 radical (unpaired) electrons. The fourth-order valence-electron chi connectivity index (χ4n) is 2.81. The highest BCUT2D eigenvalue weighted by Crippen LogP contribution is 2.22. The molecule has 0 amide bonds. The summed E-state index contributed by atoms with van der Waals surface area (Å²) in [6.45, 7) is 4.47. The van der Waals surface area contributed by atoms with Gasteiger partial charge in [-0.25, -0.2) is 8.42 Å². The van der Waals surface area contributed by atoms with Gasteiger partial charge in [0.2, 0.25) is 10.0 Å². The number of nitrogens with zero attached hydrogens (tertiary/aromatic N) is 2. The van der Waals surface area contributed by atoms with Gasteiger partial charge in [-0.3, -0.25) is 4.98 Å². The van der Waals surface area contributed by atoms with E-state index in [-0.39, 0.29) is 24.1 Å². The highest BCUT2D eigenvalue weighted by molar-refractivity contribution is 7.89. The van der Waals surface area contributed by atoms with Gasteiger partial charge in [0.1, 0.15) is 10.6 Å². The second-order valence-corrected chi connectivity index (χ2v) is 8.70. The number of ether oxygens (including phenoxy) is 1. The largest absolute Gasteiger partial charge is 0.491 e. The van der Waals surface area contributed by atoms with Crippen LogP contribution < -0.4 is 4.74 Å². The molecule has 0 atom stereocenters. The molecule has 146 valence electrons. The van der Waals surface area contributed by atoms with Gasteiger partial charge in [0.25, 0.3) is 0 Å². The van der Waals surface area contributed by atoms with E-state index < -0.39 is 10.0 Å². The van der Waals surface area contributed by atoms with E-state index in [4.69, 9.17) is 4.74 Å². The third kappa shape index (κ3) is 5.18. The molecule has 6 heteroatoms. The van der Waals surface area contributed by atoms with E-state index in [0.717, 1.165) is 16.9 Å². The third-order valence-electron chi connectivity index (χ3n) is 4.13. The van der Waals surface area contributed by atoms with Crippen molar-refractivity contribution in [2.24, 2.45) is 0 Å². The summed E-state index contributed by atoms with van der Waals surface area (Å²) in [7, 11) is -3.69. The Hall–Kier alpha value is -2.70. The van der Waals surface area contributed by atoms with E-state index in [1.54, 1.807) is 18.3 Å². The second-order valence-electron chi connectivity index (χ2n) is 6.76. The summed E-state index contributed by atoms with van der Waals surface area (Å²) in [6.07, 6.45) is 3.03. The smallest absolute Gasteiger partial charge is 0.245 e. The van der Waals surface area contributed by atoms with E-state index in [2.05, 4.69) is 4.98 Å². The van der Waals surface area contributed by atoms with Crippen LogP contribution in [0.2, 0.25) is 0 Å². The topological polar surface area (TPSA) is 59.5 Å². The summed E-state index contributed by atoms with van der Waals surface area (Å²) < 4.78 is 33.6. The predicted octanol–water partition coefficient (Wildman–Crippen LogP) is 4.26. The SMILES string of the molecule is CC(C)Oc1ccc(CN(Cc2ccccc2)S(=O)(=O)c2cccnc2)cc1. The summed E-state index contributed by atoms with van der Waals surface area (Å²) in [5.41, 5.74) is 1.81. The fraction of sp³-hybridized carbons (Fsp3) is 0.227. The molecule has 0 aliphatic heterocycles. The average Bonchev–Trinajstić information content (AvgIpc) is 2.70. The van der Waals surface area contributed by atoms with Gasteiger partial charge < -0.3 is 4.74 Å². The molecule has 0 saturated carbocycles. The summed E-state index contributed by atoms with van der Waals surface area (Å²) in [4.78, 5) is 4.15. The molecule has 0 aliphatic carbocycles. The number of sulfonamides is 1. The molecular weight excluding hydrogens is 372 g/mol. The molecule has 3 rings (SSSR count). The molecule has 0 aliphatic rings. The number of pyridine rings is 1. The Morgan fingerprint density at radius 1 is 0.893 bits per heavy atom. The Labute approximate surface area is 166 Å². The van der Waals surface area contributed by atoms with Crippen LogP contribution in [0.1, 0.15) is 25.0 Å². The zero-order valence-corrected chi connectivity index (χ0v) is 16.8. The van der Waals surface area contributed by atoms with Gasteiger partial charge in [0, 0.05) is 25.5 Å². The van der Waals surface area contributed by atoms with E-state index in [1.807, 2.05) is 68.4 Å². The van der Waals surface area contributed by atoms with Crippen LogP contribution in [0.4, 0.5) is 0 Å². The standard InChI is InChI=1S/C22H24N2O3S/c1-18(2)27-21-12-10-20(11-13-21)17-24(16-19-7-4-3-5-8-19)28(25,26)22-9-6-14-23-15-22/h3-15,18H,16-17H2,1-2H3. The van der Waals surface area contributed by atoms with Crippen molar-refractivity contribution in [3.63, 3.8) is 0 Å². The lowest BCUT2D eigenvalue weighted by Crippen LogP contribution is -2.30. The van der Waals surface area contributed by atoms with Gasteiger partial charge in [0.15, 0.2) is 0 Å².